The molecule has 0 aliphatic rings. The van der Waals surface area contributed by atoms with Crippen LogP contribution < -0.4 is 11.1 Å². The van der Waals surface area contributed by atoms with Crippen molar-refractivity contribution in [1.82, 2.24) is 5.32 Å². The monoisotopic (exact) mass is 238 g/mol. The Hall–Kier alpha value is -1.42. The van der Waals surface area contributed by atoms with Crippen LogP contribution in [0.5, 0.6) is 0 Å². The lowest BCUT2D eigenvalue weighted by Gasteiger charge is -2.22. The second-order valence-electron chi connectivity index (χ2n) is 5.03. The summed E-state index contributed by atoms with van der Waals surface area (Å²) in [6.45, 7) is 6.55. The largest absolute Gasteiger partial charge is 0.351 e. The van der Waals surface area contributed by atoms with Gasteiger partial charge in [-0.1, -0.05) is 19.9 Å². The zero-order valence-corrected chi connectivity index (χ0v) is 10.5. The average Bonchev–Trinajstić information content (AvgIpc) is 2.26. The second-order valence-corrected chi connectivity index (χ2v) is 5.03. The Morgan fingerprint density at radius 3 is 2.65 bits per heavy atom. The third kappa shape index (κ3) is 3.82. The first-order valence-corrected chi connectivity index (χ1v) is 5.60. The SMILES string of the molecule is Cc1ccc(C(=O)NCC(C)(C)CN)c(F)c1. The van der Waals surface area contributed by atoms with Crippen molar-refractivity contribution < 1.29 is 9.18 Å². The van der Waals surface area contributed by atoms with Crippen LogP contribution in [-0.2, 0) is 0 Å². The lowest BCUT2D eigenvalue weighted by Crippen LogP contribution is -2.38. The molecule has 0 saturated carbocycles. The molecule has 94 valence electrons. The molecular formula is C13H19FN2O. The van der Waals surface area contributed by atoms with E-state index in [0.717, 1.165) is 5.56 Å². The van der Waals surface area contributed by atoms with Gasteiger partial charge in [0.25, 0.3) is 5.91 Å². The molecule has 0 unspecified atom stereocenters. The van der Waals surface area contributed by atoms with E-state index >= 15 is 0 Å². The summed E-state index contributed by atoms with van der Waals surface area (Å²) < 4.78 is 13.5. The molecule has 1 aromatic carbocycles. The van der Waals surface area contributed by atoms with Crippen molar-refractivity contribution in [3.8, 4) is 0 Å². The molecular weight excluding hydrogens is 219 g/mol. The van der Waals surface area contributed by atoms with E-state index < -0.39 is 11.7 Å². The van der Waals surface area contributed by atoms with Crippen LogP contribution in [0.4, 0.5) is 4.39 Å². The van der Waals surface area contributed by atoms with Gasteiger partial charge >= 0.3 is 0 Å². The van der Waals surface area contributed by atoms with Gasteiger partial charge in [0.05, 0.1) is 5.56 Å². The van der Waals surface area contributed by atoms with Crippen LogP contribution in [0.25, 0.3) is 0 Å². The number of carbonyl (C=O) groups is 1. The summed E-state index contributed by atoms with van der Waals surface area (Å²) in [5, 5.41) is 2.69. The van der Waals surface area contributed by atoms with Crippen LogP contribution in [-0.4, -0.2) is 19.0 Å². The summed E-state index contributed by atoms with van der Waals surface area (Å²) in [5.74, 6) is -0.892. The van der Waals surface area contributed by atoms with Crippen molar-refractivity contribution in [3.63, 3.8) is 0 Å². The fourth-order valence-electron chi connectivity index (χ4n) is 1.29. The number of amides is 1. The molecule has 0 atom stereocenters. The highest BCUT2D eigenvalue weighted by Crippen LogP contribution is 2.12. The first kappa shape index (κ1) is 13.6. The fourth-order valence-corrected chi connectivity index (χ4v) is 1.29. The maximum Gasteiger partial charge on any atom is 0.254 e. The number of aryl methyl sites for hydroxylation is 1. The number of rotatable bonds is 4. The van der Waals surface area contributed by atoms with Crippen molar-refractivity contribution in [2.75, 3.05) is 13.1 Å². The molecule has 0 saturated heterocycles. The Labute approximate surface area is 101 Å². The molecule has 0 aliphatic heterocycles. The van der Waals surface area contributed by atoms with E-state index in [1.54, 1.807) is 13.0 Å². The number of halogens is 1. The molecule has 4 heteroatoms. The zero-order valence-electron chi connectivity index (χ0n) is 10.5. The first-order chi connectivity index (χ1) is 7.85. The zero-order chi connectivity index (χ0) is 13.1. The Morgan fingerprint density at radius 1 is 1.47 bits per heavy atom. The number of carbonyl (C=O) groups excluding carboxylic acids is 1. The standard InChI is InChI=1S/C13H19FN2O/c1-9-4-5-10(11(14)6-9)12(17)16-8-13(2,3)7-15/h4-6H,7-8,15H2,1-3H3,(H,16,17). The molecule has 1 rings (SSSR count). The van der Waals surface area contributed by atoms with Crippen LogP contribution >= 0.6 is 0 Å². The molecule has 0 radical (unpaired) electrons. The van der Waals surface area contributed by atoms with E-state index in [4.69, 9.17) is 5.73 Å². The number of benzene rings is 1. The minimum atomic E-state index is -0.493. The van der Waals surface area contributed by atoms with Gasteiger partial charge in [0.2, 0.25) is 0 Å². The van der Waals surface area contributed by atoms with Gasteiger partial charge < -0.3 is 11.1 Å². The maximum absolute atomic E-state index is 13.5. The van der Waals surface area contributed by atoms with E-state index in [1.165, 1.54) is 12.1 Å². The predicted molar refractivity (Wildman–Crippen MR) is 66.3 cm³/mol. The van der Waals surface area contributed by atoms with Gasteiger partial charge in [0.1, 0.15) is 5.82 Å². The van der Waals surface area contributed by atoms with Crippen molar-refractivity contribution in [1.29, 1.82) is 0 Å². The number of nitrogens with one attached hydrogen (secondary N) is 1. The Bertz CT molecular complexity index is 416. The molecule has 3 N–H and O–H groups in total. The minimum absolute atomic E-state index is 0.0726. The van der Waals surface area contributed by atoms with E-state index in [-0.39, 0.29) is 11.0 Å². The van der Waals surface area contributed by atoms with Crippen LogP contribution in [0, 0.1) is 18.2 Å². The van der Waals surface area contributed by atoms with Crippen LogP contribution in [0.2, 0.25) is 0 Å². The molecule has 0 aromatic heterocycles. The molecule has 0 heterocycles. The first-order valence-electron chi connectivity index (χ1n) is 5.60. The Morgan fingerprint density at radius 2 is 2.12 bits per heavy atom. The van der Waals surface area contributed by atoms with Gasteiger partial charge in [-0.15, -0.1) is 0 Å². The van der Waals surface area contributed by atoms with Gasteiger partial charge in [0, 0.05) is 6.54 Å². The summed E-state index contributed by atoms with van der Waals surface area (Å²) in [6, 6.07) is 4.56. The normalized spacial score (nSPS) is 11.4. The Balaban J connectivity index is 2.71. The lowest BCUT2D eigenvalue weighted by atomic mass is 9.94. The van der Waals surface area contributed by atoms with Crippen molar-refractivity contribution in [2.24, 2.45) is 11.1 Å². The summed E-state index contributed by atoms with van der Waals surface area (Å²) in [5.41, 5.74) is 6.24. The third-order valence-corrected chi connectivity index (χ3v) is 2.65. The highest BCUT2D eigenvalue weighted by molar-refractivity contribution is 5.94. The van der Waals surface area contributed by atoms with Gasteiger partial charge in [-0.05, 0) is 36.6 Å². The molecule has 3 nitrogen and oxygen atoms in total. The van der Waals surface area contributed by atoms with E-state index in [9.17, 15) is 9.18 Å². The molecule has 1 amide bonds. The lowest BCUT2D eigenvalue weighted by molar-refractivity contribution is 0.0934. The summed E-state index contributed by atoms with van der Waals surface area (Å²) in [7, 11) is 0. The highest BCUT2D eigenvalue weighted by atomic mass is 19.1. The quantitative estimate of drug-likeness (QED) is 0.841. The summed E-state index contributed by atoms with van der Waals surface area (Å²) >= 11 is 0. The molecule has 0 aliphatic carbocycles. The summed E-state index contributed by atoms with van der Waals surface area (Å²) in [6.07, 6.45) is 0. The van der Waals surface area contributed by atoms with Crippen molar-refractivity contribution in [3.05, 3.63) is 35.1 Å². The Kier molecular flexibility index (Phi) is 4.23. The highest BCUT2D eigenvalue weighted by Gasteiger charge is 2.18. The van der Waals surface area contributed by atoms with Crippen molar-refractivity contribution in [2.45, 2.75) is 20.8 Å². The maximum atomic E-state index is 13.5. The molecule has 0 fully saturated rings. The molecule has 0 bridgehead atoms. The number of hydrogen-bond acceptors (Lipinski definition) is 2. The van der Waals surface area contributed by atoms with Gasteiger partial charge in [-0.25, -0.2) is 4.39 Å². The third-order valence-electron chi connectivity index (χ3n) is 2.65. The van der Waals surface area contributed by atoms with E-state index in [0.29, 0.717) is 13.1 Å². The van der Waals surface area contributed by atoms with Gasteiger partial charge in [-0.2, -0.15) is 0 Å². The smallest absolute Gasteiger partial charge is 0.254 e. The second kappa shape index (κ2) is 5.27. The van der Waals surface area contributed by atoms with Crippen molar-refractivity contribution >= 4 is 5.91 Å². The molecule has 0 spiro atoms. The predicted octanol–water partition coefficient (Wildman–Crippen LogP) is 1.85. The van der Waals surface area contributed by atoms with E-state index in [1.807, 2.05) is 13.8 Å². The fraction of sp³-hybridized carbons (Fsp3) is 0.462. The number of nitrogens with two attached hydrogens (primary N) is 1. The van der Waals surface area contributed by atoms with Gasteiger partial charge in [0.15, 0.2) is 0 Å². The summed E-state index contributed by atoms with van der Waals surface area (Å²) in [4.78, 5) is 11.7. The van der Waals surface area contributed by atoms with Crippen LogP contribution in [0.3, 0.4) is 0 Å². The van der Waals surface area contributed by atoms with Gasteiger partial charge in [-0.3, -0.25) is 4.79 Å². The van der Waals surface area contributed by atoms with E-state index in [2.05, 4.69) is 5.32 Å². The average molecular weight is 238 g/mol. The van der Waals surface area contributed by atoms with Crippen LogP contribution in [0.1, 0.15) is 29.8 Å². The van der Waals surface area contributed by atoms with Crippen LogP contribution in [0.15, 0.2) is 18.2 Å². The topological polar surface area (TPSA) is 55.1 Å². The number of hydrogen-bond donors (Lipinski definition) is 2. The molecule has 17 heavy (non-hydrogen) atoms. The minimum Gasteiger partial charge on any atom is -0.351 e. The molecule has 1 aromatic rings.